The van der Waals surface area contributed by atoms with Crippen LogP contribution in [0.1, 0.15) is 21.6 Å². The smallest absolute Gasteiger partial charge is 0.211 e. The van der Waals surface area contributed by atoms with Crippen molar-refractivity contribution in [3.63, 3.8) is 0 Å². The van der Waals surface area contributed by atoms with Gasteiger partial charge >= 0.3 is 0 Å². The number of aromatic nitrogens is 2. The van der Waals surface area contributed by atoms with Crippen molar-refractivity contribution in [2.75, 3.05) is 0 Å². The highest BCUT2D eigenvalue weighted by atomic mass is 35.5. The molecule has 0 aliphatic heterocycles. The van der Waals surface area contributed by atoms with Crippen molar-refractivity contribution in [1.29, 1.82) is 5.26 Å². The zero-order valence-electron chi connectivity index (χ0n) is 11.4. The minimum absolute atomic E-state index is 0.140. The molecule has 22 heavy (non-hydrogen) atoms. The van der Waals surface area contributed by atoms with Crippen molar-refractivity contribution in [3.05, 3.63) is 82.9 Å². The van der Waals surface area contributed by atoms with E-state index >= 15 is 0 Å². The van der Waals surface area contributed by atoms with E-state index in [2.05, 4.69) is 11.1 Å². The zero-order chi connectivity index (χ0) is 15.5. The van der Waals surface area contributed by atoms with Gasteiger partial charge in [-0.05, 0) is 48.5 Å². The Balaban J connectivity index is 1.99. The van der Waals surface area contributed by atoms with Gasteiger partial charge in [-0.3, -0.25) is 9.36 Å². The molecule has 0 aliphatic rings. The predicted octanol–water partition coefficient (Wildman–Crippen LogP) is 3.63. The molecule has 0 unspecified atom stereocenters. The molecule has 0 radical (unpaired) electrons. The molecule has 1 heterocycles. The normalized spacial score (nSPS) is 10.2. The van der Waals surface area contributed by atoms with Gasteiger partial charge in [-0.2, -0.15) is 5.26 Å². The van der Waals surface area contributed by atoms with Gasteiger partial charge < -0.3 is 0 Å². The molecule has 1 aromatic heterocycles. The van der Waals surface area contributed by atoms with Crippen LogP contribution in [0.25, 0.3) is 5.69 Å². The first-order valence-electron chi connectivity index (χ1n) is 6.52. The summed E-state index contributed by atoms with van der Waals surface area (Å²) in [4.78, 5) is 16.6. The second-order valence-electron chi connectivity index (χ2n) is 4.64. The third-order valence-corrected chi connectivity index (χ3v) is 3.50. The van der Waals surface area contributed by atoms with Crippen LogP contribution in [0.2, 0.25) is 5.02 Å². The van der Waals surface area contributed by atoms with Gasteiger partial charge in [-0.1, -0.05) is 11.6 Å². The lowest BCUT2D eigenvalue weighted by Crippen LogP contribution is -2.08. The summed E-state index contributed by atoms with van der Waals surface area (Å²) in [5, 5.41) is 9.42. The van der Waals surface area contributed by atoms with Gasteiger partial charge in [0.1, 0.15) is 5.69 Å². The number of carbonyl (C=O) groups is 1. The van der Waals surface area contributed by atoms with E-state index < -0.39 is 0 Å². The minimum Gasteiger partial charge on any atom is -0.296 e. The maximum Gasteiger partial charge on any atom is 0.211 e. The van der Waals surface area contributed by atoms with Gasteiger partial charge in [0.05, 0.1) is 24.2 Å². The van der Waals surface area contributed by atoms with Gasteiger partial charge in [0, 0.05) is 16.3 Å². The molecule has 0 aliphatic carbocycles. The van der Waals surface area contributed by atoms with Crippen LogP contribution in [-0.4, -0.2) is 15.3 Å². The molecule has 5 heteroatoms. The van der Waals surface area contributed by atoms with Crippen LogP contribution >= 0.6 is 11.6 Å². The van der Waals surface area contributed by atoms with E-state index in [1.165, 1.54) is 6.20 Å². The number of ketones is 1. The number of imidazole rings is 1. The van der Waals surface area contributed by atoms with Crippen LogP contribution in [0.3, 0.4) is 0 Å². The summed E-state index contributed by atoms with van der Waals surface area (Å²) in [6, 6.07) is 15.7. The highest BCUT2D eigenvalue weighted by molar-refractivity contribution is 6.30. The molecule has 3 aromatic rings. The number of nitrogens with zero attached hydrogens (tertiary/aromatic N) is 3. The number of rotatable bonds is 3. The van der Waals surface area contributed by atoms with E-state index in [-0.39, 0.29) is 5.78 Å². The summed E-state index contributed by atoms with van der Waals surface area (Å²) in [5.41, 5.74) is 2.33. The fraction of sp³-hybridized carbons (Fsp3) is 0. The Labute approximate surface area is 132 Å². The molecule has 3 rings (SSSR count). The fourth-order valence-corrected chi connectivity index (χ4v) is 2.24. The van der Waals surface area contributed by atoms with Gasteiger partial charge in [-0.25, -0.2) is 4.98 Å². The Morgan fingerprint density at radius 3 is 2.41 bits per heavy atom. The fourth-order valence-electron chi connectivity index (χ4n) is 2.11. The Kier molecular flexibility index (Phi) is 3.73. The first-order chi connectivity index (χ1) is 10.7. The molecule has 0 atom stereocenters. The number of hydrogen-bond donors (Lipinski definition) is 0. The summed E-state index contributed by atoms with van der Waals surface area (Å²) < 4.78 is 1.69. The number of carbonyl (C=O) groups excluding carboxylic acids is 1. The summed E-state index contributed by atoms with van der Waals surface area (Å²) in [6.45, 7) is 0. The van der Waals surface area contributed by atoms with Gasteiger partial charge in [0.15, 0.2) is 0 Å². The van der Waals surface area contributed by atoms with E-state index in [9.17, 15) is 4.79 Å². The summed E-state index contributed by atoms with van der Waals surface area (Å²) >= 11 is 5.84. The highest BCUT2D eigenvalue weighted by Gasteiger charge is 2.15. The molecule has 0 spiro atoms. The number of benzene rings is 2. The Bertz CT molecular complexity index is 858. The first-order valence-corrected chi connectivity index (χ1v) is 6.90. The van der Waals surface area contributed by atoms with Crippen molar-refractivity contribution in [1.82, 2.24) is 9.55 Å². The Morgan fingerprint density at radius 2 is 1.77 bits per heavy atom. The summed E-state index contributed by atoms with van der Waals surface area (Å²) in [6.07, 6.45) is 3.10. The molecular weight excluding hydrogens is 298 g/mol. The molecule has 0 saturated heterocycles. The quantitative estimate of drug-likeness (QED) is 0.694. The van der Waals surface area contributed by atoms with Gasteiger partial charge in [0.25, 0.3) is 0 Å². The minimum atomic E-state index is -0.140. The van der Waals surface area contributed by atoms with Crippen molar-refractivity contribution in [3.8, 4) is 11.8 Å². The van der Waals surface area contributed by atoms with Crippen LogP contribution in [-0.2, 0) is 0 Å². The maximum absolute atomic E-state index is 12.6. The third kappa shape index (κ3) is 2.62. The van der Waals surface area contributed by atoms with Crippen molar-refractivity contribution in [2.45, 2.75) is 0 Å². The van der Waals surface area contributed by atoms with Crippen LogP contribution in [0, 0.1) is 11.3 Å². The van der Waals surface area contributed by atoms with E-state index in [1.54, 1.807) is 59.4 Å². The lowest BCUT2D eigenvalue weighted by atomic mass is 10.1. The zero-order valence-corrected chi connectivity index (χ0v) is 12.2. The van der Waals surface area contributed by atoms with Gasteiger partial charge in [-0.15, -0.1) is 0 Å². The van der Waals surface area contributed by atoms with Crippen LogP contribution in [0.5, 0.6) is 0 Å². The molecule has 4 nitrogen and oxygen atoms in total. The number of hydrogen-bond acceptors (Lipinski definition) is 3. The lowest BCUT2D eigenvalue weighted by Gasteiger charge is -2.07. The SMILES string of the molecule is N#Cc1ccc(-n2cncc2C(=O)c2ccc(Cl)cc2)cc1. The lowest BCUT2D eigenvalue weighted by molar-refractivity contribution is 0.103. The molecule has 0 fully saturated rings. The molecule has 0 N–H and O–H groups in total. The molecule has 2 aromatic carbocycles. The van der Waals surface area contributed by atoms with Crippen molar-refractivity contribution >= 4 is 17.4 Å². The predicted molar refractivity (Wildman–Crippen MR) is 83.2 cm³/mol. The average Bonchev–Trinajstić information content (AvgIpc) is 3.04. The van der Waals surface area contributed by atoms with E-state index in [0.717, 1.165) is 5.69 Å². The Hall–Kier alpha value is -2.90. The monoisotopic (exact) mass is 307 g/mol. The maximum atomic E-state index is 12.6. The van der Waals surface area contributed by atoms with E-state index in [1.807, 2.05) is 0 Å². The second kappa shape index (κ2) is 5.84. The standard InChI is InChI=1S/C17H10ClN3O/c18-14-5-3-13(4-6-14)17(22)16-10-20-11-21(16)15-7-1-12(9-19)2-8-15/h1-8,10-11H. The van der Waals surface area contributed by atoms with E-state index in [4.69, 9.17) is 16.9 Å². The third-order valence-electron chi connectivity index (χ3n) is 3.25. The number of nitriles is 1. The van der Waals surface area contributed by atoms with Crippen LogP contribution in [0.15, 0.2) is 61.1 Å². The van der Waals surface area contributed by atoms with E-state index in [0.29, 0.717) is 21.8 Å². The first kappa shape index (κ1) is 14.1. The molecular formula is C17H10ClN3O. The highest BCUT2D eigenvalue weighted by Crippen LogP contribution is 2.17. The topological polar surface area (TPSA) is 58.7 Å². The Morgan fingerprint density at radius 1 is 1.09 bits per heavy atom. The van der Waals surface area contributed by atoms with Gasteiger partial charge in [0.2, 0.25) is 5.78 Å². The molecule has 0 amide bonds. The van der Waals surface area contributed by atoms with Crippen LogP contribution < -0.4 is 0 Å². The second-order valence-corrected chi connectivity index (χ2v) is 5.08. The average molecular weight is 308 g/mol. The summed E-state index contributed by atoms with van der Waals surface area (Å²) in [5.74, 6) is -0.140. The molecule has 0 saturated carbocycles. The van der Waals surface area contributed by atoms with Crippen molar-refractivity contribution in [2.24, 2.45) is 0 Å². The summed E-state index contributed by atoms with van der Waals surface area (Å²) in [7, 11) is 0. The largest absolute Gasteiger partial charge is 0.296 e. The van der Waals surface area contributed by atoms with Crippen LogP contribution in [0.4, 0.5) is 0 Å². The molecule has 106 valence electrons. The number of halogens is 1. The molecule has 0 bridgehead atoms. The van der Waals surface area contributed by atoms with Crippen molar-refractivity contribution < 1.29 is 4.79 Å².